The fourth-order valence-corrected chi connectivity index (χ4v) is 6.18. The highest BCUT2D eigenvalue weighted by Crippen LogP contribution is 2.25. The van der Waals surface area contributed by atoms with Crippen molar-refractivity contribution in [3.05, 3.63) is 66.0 Å². The van der Waals surface area contributed by atoms with E-state index in [1.165, 1.54) is 41.2 Å². The number of carbonyl (C=O) groups is 1. The van der Waals surface area contributed by atoms with E-state index in [4.69, 9.17) is 0 Å². The van der Waals surface area contributed by atoms with Gasteiger partial charge in [0.05, 0.1) is 11.6 Å². The summed E-state index contributed by atoms with van der Waals surface area (Å²) in [6.07, 6.45) is 3.08. The molecule has 2 aliphatic rings. The van der Waals surface area contributed by atoms with Crippen molar-refractivity contribution in [2.75, 3.05) is 37.5 Å². The predicted molar refractivity (Wildman–Crippen MR) is 131 cm³/mol. The Morgan fingerprint density at radius 2 is 1.71 bits per heavy atom. The Morgan fingerprint density at radius 3 is 2.38 bits per heavy atom. The van der Waals surface area contributed by atoms with E-state index in [9.17, 15) is 17.6 Å². The molecule has 1 atom stereocenters. The highest BCUT2D eigenvalue weighted by atomic mass is 32.2. The molecule has 2 aromatic rings. The largest absolute Gasteiger partial charge is 0.353 e. The number of halogens is 1. The monoisotopic (exact) mass is 488 g/mol. The van der Waals surface area contributed by atoms with E-state index in [2.05, 4.69) is 22.3 Å². The van der Waals surface area contributed by atoms with Gasteiger partial charge in [-0.25, -0.2) is 4.39 Å². The van der Waals surface area contributed by atoms with Crippen molar-refractivity contribution in [2.24, 2.45) is 5.92 Å². The van der Waals surface area contributed by atoms with E-state index in [1.54, 1.807) is 0 Å². The summed E-state index contributed by atoms with van der Waals surface area (Å²) >= 11 is 0. The number of nitrogens with zero attached hydrogens (tertiary/aromatic N) is 3. The van der Waals surface area contributed by atoms with Crippen LogP contribution in [0.2, 0.25) is 0 Å². The summed E-state index contributed by atoms with van der Waals surface area (Å²) < 4.78 is 42.0. The van der Waals surface area contributed by atoms with Gasteiger partial charge >= 0.3 is 10.2 Å². The summed E-state index contributed by atoms with van der Waals surface area (Å²) in [6, 6.07) is 15.8. The molecule has 9 heteroatoms. The SMILES string of the molecule is CN(c1ccc(F)cc1)S(=O)(=O)N1CCC[C@H](C(=O)NC2CCN(Cc3ccccc3)CC2)C1. The number of rotatable bonds is 7. The maximum Gasteiger partial charge on any atom is 0.303 e. The third kappa shape index (κ3) is 5.95. The third-order valence-electron chi connectivity index (χ3n) is 6.80. The molecule has 1 N–H and O–H groups in total. The molecule has 0 radical (unpaired) electrons. The van der Waals surface area contributed by atoms with Crippen LogP contribution in [0.3, 0.4) is 0 Å². The highest BCUT2D eigenvalue weighted by molar-refractivity contribution is 7.90. The first-order chi connectivity index (χ1) is 16.3. The molecular weight excluding hydrogens is 455 g/mol. The molecule has 2 saturated heterocycles. The number of amides is 1. The molecule has 0 aromatic heterocycles. The Labute approximate surface area is 201 Å². The highest BCUT2D eigenvalue weighted by Gasteiger charge is 2.35. The Hall–Kier alpha value is -2.49. The van der Waals surface area contributed by atoms with E-state index < -0.39 is 16.0 Å². The third-order valence-corrected chi connectivity index (χ3v) is 8.69. The number of benzene rings is 2. The van der Waals surface area contributed by atoms with Crippen molar-refractivity contribution in [3.63, 3.8) is 0 Å². The molecule has 2 heterocycles. The predicted octanol–water partition coefficient (Wildman–Crippen LogP) is 3.00. The van der Waals surface area contributed by atoms with Gasteiger partial charge in [0.25, 0.3) is 0 Å². The van der Waals surface area contributed by atoms with Gasteiger partial charge < -0.3 is 5.32 Å². The number of anilines is 1. The molecule has 2 aliphatic heterocycles. The summed E-state index contributed by atoms with van der Waals surface area (Å²) in [5, 5.41) is 3.17. The zero-order valence-corrected chi connectivity index (χ0v) is 20.4. The van der Waals surface area contributed by atoms with Crippen LogP contribution < -0.4 is 9.62 Å². The molecule has 2 aromatic carbocycles. The van der Waals surface area contributed by atoms with Gasteiger partial charge in [-0.15, -0.1) is 0 Å². The van der Waals surface area contributed by atoms with Crippen molar-refractivity contribution in [1.82, 2.24) is 14.5 Å². The smallest absolute Gasteiger partial charge is 0.303 e. The Morgan fingerprint density at radius 1 is 1.03 bits per heavy atom. The molecule has 34 heavy (non-hydrogen) atoms. The molecule has 1 amide bonds. The fourth-order valence-electron chi connectivity index (χ4n) is 4.72. The molecule has 7 nitrogen and oxygen atoms in total. The molecule has 2 fully saturated rings. The molecule has 4 rings (SSSR count). The topological polar surface area (TPSA) is 73.0 Å². The maximum atomic E-state index is 13.2. The number of nitrogens with one attached hydrogen (secondary N) is 1. The van der Waals surface area contributed by atoms with Crippen LogP contribution in [0, 0.1) is 11.7 Å². The Balaban J connectivity index is 1.29. The van der Waals surface area contributed by atoms with Crippen LogP contribution in [0.5, 0.6) is 0 Å². The van der Waals surface area contributed by atoms with Gasteiger partial charge in [0.15, 0.2) is 0 Å². The van der Waals surface area contributed by atoms with Gasteiger partial charge in [-0.05, 0) is 55.5 Å². The molecule has 0 spiro atoms. The van der Waals surface area contributed by atoms with Crippen molar-refractivity contribution < 1.29 is 17.6 Å². The number of hydrogen-bond donors (Lipinski definition) is 1. The first-order valence-electron chi connectivity index (χ1n) is 11.9. The van der Waals surface area contributed by atoms with Crippen molar-refractivity contribution >= 4 is 21.8 Å². The standard InChI is InChI=1S/C25H33FN4O3S/c1-28(24-11-9-22(26)10-12-24)34(32,33)30-15-5-8-21(19-30)25(31)27-23-13-16-29(17-14-23)18-20-6-3-2-4-7-20/h2-4,6-7,9-12,21,23H,5,8,13-19H2,1H3,(H,27,31)/t21-/m0/s1. The lowest BCUT2D eigenvalue weighted by Gasteiger charge is -2.36. The minimum absolute atomic E-state index is 0.0640. The van der Waals surface area contributed by atoms with E-state index in [-0.39, 0.29) is 24.4 Å². The number of carbonyl (C=O) groups excluding carboxylic acids is 1. The van der Waals surface area contributed by atoms with Crippen molar-refractivity contribution in [1.29, 1.82) is 0 Å². The van der Waals surface area contributed by atoms with Crippen LogP contribution in [0.1, 0.15) is 31.2 Å². The second kappa shape index (κ2) is 10.8. The van der Waals surface area contributed by atoms with Crippen LogP contribution in [0.4, 0.5) is 10.1 Å². The quantitative estimate of drug-likeness (QED) is 0.650. The lowest BCUT2D eigenvalue weighted by Crippen LogP contribution is -2.52. The average Bonchev–Trinajstić information content (AvgIpc) is 2.86. The van der Waals surface area contributed by atoms with Gasteiger partial charge in [-0.2, -0.15) is 12.7 Å². The average molecular weight is 489 g/mol. The minimum Gasteiger partial charge on any atom is -0.353 e. The summed E-state index contributed by atoms with van der Waals surface area (Å²) in [6.45, 7) is 3.29. The second-order valence-electron chi connectivity index (χ2n) is 9.19. The summed E-state index contributed by atoms with van der Waals surface area (Å²) in [7, 11) is -2.35. The Kier molecular flexibility index (Phi) is 7.85. The number of likely N-dealkylation sites (tertiary alicyclic amines) is 1. The fraction of sp³-hybridized carbons (Fsp3) is 0.480. The van der Waals surface area contributed by atoms with Gasteiger partial charge in [0, 0.05) is 45.8 Å². The Bertz CT molecular complexity index is 1060. The summed E-state index contributed by atoms with van der Waals surface area (Å²) in [4.78, 5) is 15.4. The lowest BCUT2D eigenvalue weighted by molar-refractivity contribution is -0.127. The molecule has 0 aliphatic carbocycles. The zero-order valence-electron chi connectivity index (χ0n) is 19.6. The first-order valence-corrected chi connectivity index (χ1v) is 13.3. The van der Waals surface area contributed by atoms with Gasteiger partial charge in [0.2, 0.25) is 5.91 Å². The molecule has 0 saturated carbocycles. The van der Waals surface area contributed by atoms with Crippen LogP contribution in [0.25, 0.3) is 0 Å². The van der Waals surface area contributed by atoms with Gasteiger partial charge in [-0.3, -0.25) is 14.0 Å². The molecule has 184 valence electrons. The maximum absolute atomic E-state index is 13.2. The number of hydrogen-bond acceptors (Lipinski definition) is 4. The van der Waals surface area contributed by atoms with Crippen molar-refractivity contribution in [2.45, 2.75) is 38.3 Å². The second-order valence-corrected chi connectivity index (χ2v) is 11.2. The van der Waals surface area contributed by atoms with Crippen LogP contribution in [-0.4, -0.2) is 62.8 Å². The normalized spacial score (nSPS) is 20.7. The molecule has 0 bridgehead atoms. The van der Waals surface area contributed by atoms with E-state index in [1.807, 2.05) is 18.2 Å². The van der Waals surface area contributed by atoms with Gasteiger partial charge in [0.1, 0.15) is 5.82 Å². The summed E-state index contributed by atoms with van der Waals surface area (Å²) in [5.74, 6) is -0.853. The van der Waals surface area contributed by atoms with Crippen LogP contribution in [-0.2, 0) is 21.5 Å². The minimum atomic E-state index is -3.81. The molecule has 0 unspecified atom stereocenters. The first kappa shape index (κ1) is 24.6. The summed E-state index contributed by atoms with van der Waals surface area (Å²) in [5.41, 5.74) is 1.68. The van der Waals surface area contributed by atoms with E-state index >= 15 is 0 Å². The van der Waals surface area contributed by atoms with E-state index in [0.29, 0.717) is 25.1 Å². The van der Waals surface area contributed by atoms with Crippen LogP contribution in [0.15, 0.2) is 54.6 Å². The number of piperidine rings is 2. The van der Waals surface area contributed by atoms with Crippen molar-refractivity contribution in [3.8, 4) is 0 Å². The molecular formula is C25H33FN4O3S. The van der Waals surface area contributed by atoms with Crippen LogP contribution >= 0.6 is 0 Å². The van der Waals surface area contributed by atoms with E-state index in [0.717, 1.165) is 36.8 Å². The van der Waals surface area contributed by atoms with Gasteiger partial charge in [-0.1, -0.05) is 30.3 Å². The lowest BCUT2D eigenvalue weighted by atomic mass is 9.97. The zero-order chi connectivity index (χ0) is 24.1.